The smallest absolute Gasteiger partial charge is 0.457 e. The molecule has 1 saturated heterocycles. The summed E-state index contributed by atoms with van der Waals surface area (Å²) in [6.07, 6.45) is 6.14. The van der Waals surface area contributed by atoms with Crippen molar-refractivity contribution in [3.05, 3.63) is 0 Å². The van der Waals surface area contributed by atoms with E-state index in [4.69, 9.17) is 18.5 Å². The number of rotatable bonds is 10. The Kier molecular flexibility index (Phi) is 7.67. The second-order valence-corrected chi connectivity index (χ2v) is 17.5. The van der Waals surface area contributed by atoms with Gasteiger partial charge >= 0.3 is 13.1 Å². The van der Waals surface area contributed by atoms with Gasteiger partial charge in [-0.3, -0.25) is 4.79 Å². The van der Waals surface area contributed by atoms with E-state index in [2.05, 4.69) is 61.6 Å². The highest BCUT2D eigenvalue weighted by Crippen LogP contribution is 2.65. The molecule has 0 N–H and O–H groups in total. The van der Waals surface area contributed by atoms with Gasteiger partial charge in [0.25, 0.3) is 0 Å². The van der Waals surface area contributed by atoms with Crippen molar-refractivity contribution < 1.29 is 23.3 Å². The molecule has 5 nitrogen and oxygen atoms in total. The van der Waals surface area contributed by atoms with Crippen LogP contribution in [-0.4, -0.2) is 45.8 Å². The lowest BCUT2D eigenvalue weighted by molar-refractivity contribution is -0.199. The molecule has 0 unspecified atom stereocenters. The largest absolute Gasteiger partial charge is 0.466 e. The van der Waals surface area contributed by atoms with Gasteiger partial charge in [0.15, 0.2) is 8.32 Å². The third-order valence-corrected chi connectivity index (χ3v) is 13.7. The zero-order valence-electron chi connectivity index (χ0n) is 22.1. The van der Waals surface area contributed by atoms with Gasteiger partial charge < -0.3 is 18.5 Å². The summed E-state index contributed by atoms with van der Waals surface area (Å²) in [6.45, 7) is 20.8. The molecule has 0 aromatic rings. The lowest BCUT2D eigenvalue weighted by Gasteiger charge is -2.64. The van der Waals surface area contributed by atoms with Crippen LogP contribution in [0.3, 0.4) is 0 Å². The highest BCUT2D eigenvalue weighted by Gasteiger charge is 2.67. The molecule has 4 rings (SSSR count). The van der Waals surface area contributed by atoms with Gasteiger partial charge in [0.2, 0.25) is 0 Å². The maximum Gasteiger partial charge on any atom is 0.457 e. The molecule has 0 amide bonds. The summed E-state index contributed by atoms with van der Waals surface area (Å²) < 4.78 is 25.1. The van der Waals surface area contributed by atoms with E-state index in [-0.39, 0.29) is 35.9 Å². The zero-order valence-corrected chi connectivity index (χ0v) is 23.1. The van der Waals surface area contributed by atoms with Crippen LogP contribution >= 0.6 is 0 Å². The Balaban J connectivity index is 1.60. The lowest BCUT2D eigenvalue weighted by Crippen LogP contribution is -2.65. The van der Waals surface area contributed by atoms with Gasteiger partial charge in [-0.2, -0.15) is 0 Å². The minimum Gasteiger partial charge on any atom is -0.466 e. The average Bonchev–Trinajstić information content (AvgIpc) is 3.01. The first-order chi connectivity index (χ1) is 14.7. The zero-order chi connectivity index (χ0) is 23.9. The quantitative estimate of drug-likeness (QED) is 0.217. The third kappa shape index (κ3) is 5.16. The maximum atomic E-state index is 12.5. The standard InChI is InChI=1S/C25H47BO5Si/c1-10-11-14-28-22(27)17-19(30-32(8,9)23(2,3)4)12-13-26-29-21-16-18-15-20(24(18,5)6)25(21,7)31-26/h18-21H,10-17H2,1-9H3/t18-,19-,20-,21+,25-/m0/s1. The van der Waals surface area contributed by atoms with Crippen LogP contribution in [0.25, 0.3) is 0 Å². The fourth-order valence-corrected chi connectivity index (χ4v) is 7.16. The number of hydrogen-bond donors (Lipinski definition) is 0. The topological polar surface area (TPSA) is 54.0 Å². The number of hydrogen-bond acceptors (Lipinski definition) is 5. The molecule has 7 heteroatoms. The first kappa shape index (κ1) is 26.2. The predicted octanol–water partition coefficient (Wildman–Crippen LogP) is 6.23. The Morgan fingerprint density at radius 2 is 1.91 bits per heavy atom. The molecule has 1 heterocycles. The van der Waals surface area contributed by atoms with Crippen molar-refractivity contribution in [3.63, 3.8) is 0 Å². The van der Waals surface area contributed by atoms with Crippen molar-refractivity contribution in [3.8, 4) is 0 Å². The first-order valence-electron chi connectivity index (χ1n) is 12.9. The maximum absolute atomic E-state index is 12.5. The second kappa shape index (κ2) is 9.35. The Labute approximate surface area is 197 Å². The summed E-state index contributed by atoms with van der Waals surface area (Å²) in [5.74, 6) is 1.16. The molecule has 5 atom stereocenters. The second-order valence-electron chi connectivity index (χ2n) is 12.8. The molecular weight excluding hydrogens is 419 g/mol. The number of ether oxygens (including phenoxy) is 1. The molecule has 0 aromatic carbocycles. The molecule has 4 aliphatic rings. The highest BCUT2D eigenvalue weighted by atomic mass is 28.4. The van der Waals surface area contributed by atoms with Crippen molar-refractivity contribution in [1.29, 1.82) is 0 Å². The van der Waals surface area contributed by atoms with Gasteiger partial charge in [0.05, 0.1) is 30.8 Å². The van der Waals surface area contributed by atoms with E-state index in [0.29, 0.717) is 24.4 Å². The van der Waals surface area contributed by atoms with Crippen molar-refractivity contribution >= 4 is 21.4 Å². The molecule has 4 fully saturated rings. The SMILES string of the molecule is CCCCOC(=O)C[C@H](CCB1O[C@@H]2C[C@@H]3C[C@@H](C3(C)C)[C@]2(C)O1)O[Si](C)(C)C(C)(C)C. The minimum absolute atomic E-state index is 0.0900. The Bertz CT molecular complexity index is 676. The van der Waals surface area contributed by atoms with Gasteiger partial charge in [-0.1, -0.05) is 48.0 Å². The molecule has 1 aliphatic heterocycles. The van der Waals surface area contributed by atoms with E-state index in [9.17, 15) is 4.79 Å². The van der Waals surface area contributed by atoms with E-state index in [1.807, 2.05) is 0 Å². The number of carbonyl (C=O) groups is 1. The molecule has 184 valence electrons. The van der Waals surface area contributed by atoms with E-state index >= 15 is 0 Å². The number of esters is 1. The monoisotopic (exact) mass is 466 g/mol. The summed E-state index contributed by atoms with van der Waals surface area (Å²) in [5.41, 5.74) is 0.164. The average molecular weight is 467 g/mol. The van der Waals surface area contributed by atoms with Gasteiger partial charge in [-0.05, 0) is 74.3 Å². The summed E-state index contributed by atoms with van der Waals surface area (Å²) in [4.78, 5) is 12.5. The normalized spacial score (nSPS) is 32.3. The molecule has 3 aliphatic carbocycles. The van der Waals surface area contributed by atoms with Crippen molar-refractivity contribution in [1.82, 2.24) is 0 Å². The van der Waals surface area contributed by atoms with Crippen LogP contribution in [0, 0.1) is 17.3 Å². The van der Waals surface area contributed by atoms with Crippen molar-refractivity contribution in [2.75, 3.05) is 6.61 Å². The fraction of sp³-hybridized carbons (Fsp3) is 0.960. The first-order valence-corrected chi connectivity index (χ1v) is 15.8. The number of carbonyl (C=O) groups excluding carboxylic acids is 1. The third-order valence-electron chi connectivity index (χ3n) is 9.15. The van der Waals surface area contributed by atoms with Crippen LogP contribution in [0.5, 0.6) is 0 Å². The highest BCUT2D eigenvalue weighted by molar-refractivity contribution is 6.74. The van der Waals surface area contributed by atoms with E-state index in [1.54, 1.807) is 0 Å². The predicted molar refractivity (Wildman–Crippen MR) is 132 cm³/mol. The molecule has 3 saturated carbocycles. The Morgan fingerprint density at radius 1 is 1.22 bits per heavy atom. The minimum atomic E-state index is -2.01. The van der Waals surface area contributed by atoms with Crippen molar-refractivity contribution in [2.45, 2.75) is 129 Å². The number of unbranched alkanes of at least 4 members (excludes halogenated alkanes) is 1. The van der Waals surface area contributed by atoms with Crippen LogP contribution in [0.1, 0.15) is 87.0 Å². The summed E-state index contributed by atoms with van der Waals surface area (Å²) >= 11 is 0. The Morgan fingerprint density at radius 3 is 2.50 bits per heavy atom. The molecule has 0 aromatic heterocycles. The van der Waals surface area contributed by atoms with Gasteiger partial charge in [0, 0.05) is 0 Å². The van der Waals surface area contributed by atoms with Crippen LogP contribution in [-0.2, 0) is 23.3 Å². The molecule has 2 bridgehead atoms. The molecule has 0 spiro atoms. The lowest BCUT2D eigenvalue weighted by atomic mass is 9.43. The summed E-state index contributed by atoms with van der Waals surface area (Å²) in [6, 6.07) is 0. The Hall–Kier alpha value is -0.368. The van der Waals surface area contributed by atoms with E-state index in [1.165, 1.54) is 6.42 Å². The molecular formula is C25H47BO5Si. The summed E-state index contributed by atoms with van der Waals surface area (Å²) in [7, 11) is -2.21. The van der Waals surface area contributed by atoms with Crippen molar-refractivity contribution in [2.24, 2.45) is 17.3 Å². The van der Waals surface area contributed by atoms with Gasteiger partial charge in [-0.25, -0.2) is 0 Å². The van der Waals surface area contributed by atoms with Crippen LogP contribution < -0.4 is 0 Å². The summed E-state index contributed by atoms with van der Waals surface area (Å²) in [5, 5.41) is 0.0900. The van der Waals surface area contributed by atoms with Crippen LogP contribution in [0.4, 0.5) is 0 Å². The van der Waals surface area contributed by atoms with E-state index in [0.717, 1.165) is 37.9 Å². The fourth-order valence-electron chi connectivity index (χ4n) is 5.77. The van der Waals surface area contributed by atoms with Gasteiger partial charge in [0.1, 0.15) is 0 Å². The van der Waals surface area contributed by atoms with Crippen LogP contribution in [0.15, 0.2) is 0 Å². The molecule has 32 heavy (non-hydrogen) atoms. The molecule has 0 radical (unpaired) electrons. The van der Waals surface area contributed by atoms with E-state index < -0.39 is 8.32 Å². The van der Waals surface area contributed by atoms with Gasteiger partial charge in [-0.15, -0.1) is 0 Å². The van der Waals surface area contributed by atoms with Crippen LogP contribution in [0.2, 0.25) is 24.5 Å².